The molecule has 1 saturated carbocycles. The number of hydrogen-bond acceptors (Lipinski definition) is 4. The number of nitrogens with zero attached hydrogens (tertiary/aromatic N) is 1. The van der Waals surface area contributed by atoms with Gasteiger partial charge in [-0.15, -0.1) is 0 Å². The van der Waals surface area contributed by atoms with Crippen LogP contribution in [-0.4, -0.2) is 28.1 Å². The molecule has 0 aromatic carbocycles. The molecule has 1 unspecified atom stereocenters. The zero-order valence-corrected chi connectivity index (χ0v) is 9.72. The third kappa shape index (κ3) is 3.42. The summed E-state index contributed by atoms with van der Waals surface area (Å²) in [5.74, 6) is 0.430. The minimum atomic E-state index is -0.530. The molecule has 1 aromatic rings. The van der Waals surface area contributed by atoms with E-state index in [1.807, 2.05) is 0 Å². The Balaban J connectivity index is 1.87. The molecular formula is C12H16N2O3. The van der Waals surface area contributed by atoms with E-state index in [-0.39, 0.29) is 12.5 Å². The summed E-state index contributed by atoms with van der Waals surface area (Å²) in [5, 5.41) is 11.7. The zero-order valence-electron chi connectivity index (χ0n) is 9.72. The van der Waals surface area contributed by atoms with E-state index < -0.39 is 6.10 Å². The van der Waals surface area contributed by atoms with E-state index in [4.69, 9.17) is 9.84 Å². The first-order valence-corrected chi connectivity index (χ1v) is 5.72. The van der Waals surface area contributed by atoms with Gasteiger partial charge in [0.15, 0.2) is 6.10 Å². The largest absolute Gasteiger partial charge is 0.479 e. The molecule has 0 spiro atoms. The summed E-state index contributed by atoms with van der Waals surface area (Å²) >= 11 is 0. The molecule has 1 aliphatic carbocycles. The molecule has 17 heavy (non-hydrogen) atoms. The van der Waals surface area contributed by atoms with Gasteiger partial charge in [-0.25, -0.2) is 0 Å². The van der Waals surface area contributed by atoms with Crippen LogP contribution in [0.1, 0.15) is 25.5 Å². The van der Waals surface area contributed by atoms with Gasteiger partial charge in [-0.05, 0) is 31.9 Å². The molecule has 2 N–H and O–H groups in total. The van der Waals surface area contributed by atoms with Crippen molar-refractivity contribution in [2.75, 3.05) is 0 Å². The number of nitrogens with one attached hydrogen (secondary N) is 1. The van der Waals surface area contributed by atoms with Crippen molar-refractivity contribution in [2.45, 2.75) is 38.5 Å². The summed E-state index contributed by atoms with van der Waals surface area (Å²) in [5.41, 5.74) is 0.576. The summed E-state index contributed by atoms with van der Waals surface area (Å²) < 4.78 is 5.45. The van der Waals surface area contributed by atoms with Crippen LogP contribution in [0, 0.1) is 0 Å². The van der Waals surface area contributed by atoms with Crippen molar-refractivity contribution in [3.8, 4) is 5.75 Å². The number of aliphatic hydroxyl groups excluding tert-OH is 1. The number of carbonyl (C=O) groups excluding carboxylic acids is 1. The van der Waals surface area contributed by atoms with Crippen LogP contribution < -0.4 is 10.1 Å². The molecule has 1 fully saturated rings. The second-order valence-corrected chi connectivity index (χ2v) is 4.19. The normalized spacial score (nSPS) is 16.4. The standard InChI is InChI=1S/C12H16N2O3/c1-8(12(16)14-9-2-3-9)17-11-5-4-10(7-15)13-6-11/h4-6,8-9,15H,2-3,7H2,1H3,(H,14,16). The third-order valence-corrected chi connectivity index (χ3v) is 2.57. The molecule has 2 rings (SSSR count). The molecule has 0 saturated heterocycles. The van der Waals surface area contributed by atoms with E-state index >= 15 is 0 Å². The van der Waals surface area contributed by atoms with Crippen molar-refractivity contribution in [3.63, 3.8) is 0 Å². The molecule has 5 nitrogen and oxygen atoms in total. The molecule has 0 bridgehead atoms. The molecule has 1 aromatic heterocycles. The van der Waals surface area contributed by atoms with Crippen LogP contribution >= 0.6 is 0 Å². The fourth-order valence-corrected chi connectivity index (χ4v) is 1.38. The van der Waals surface area contributed by atoms with Crippen LogP contribution in [0.4, 0.5) is 0 Å². The molecule has 0 radical (unpaired) electrons. The van der Waals surface area contributed by atoms with Gasteiger partial charge in [0.2, 0.25) is 0 Å². The van der Waals surface area contributed by atoms with Crippen LogP contribution in [0.2, 0.25) is 0 Å². The molecule has 1 amide bonds. The molecule has 0 aliphatic heterocycles. The van der Waals surface area contributed by atoms with Gasteiger partial charge < -0.3 is 15.2 Å². The maximum atomic E-state index is 11.6. The zero-order chi connectivity index (χ0) is 12.3. The summed E-state index contributed by atoms with van der Waals surface area (Å²) in [6.07, 6.45) is 3.10. The van der Waals surface area contributed by atoms with Gasteiger partial charge in [-0.3, -0.25) is 9.78 Å². The second-order valence-electron chi connectivity index (χ2n) is 4.19. The number of aliphatic hydroxyl groups is 1. The van der Waals surface area contributed by atoms with Crippen LogP contribution in [0.5, 0.6) is 5.75 Å². The molecule has 1 heterocycles. The van der Waals surface area contributed by atoms with E-state index in [9.17, 15) is 4.79 Å². The molecule has 5 heteroatoms. The predicted molar refractivity (Wildman–Crippen MR) is 61.4 cm³/mol. The monoisotopic (exact) mass is 236 g/mol. The van der Waals surface area contributed by atoms with Crippen LogP contribution in [0.25, 0.3) is 0 Å². The highest BCUT2D eigenvalue weighted by molar-refractivity contribution is 5.81. The highest BCUT2D eigenvalue weighted by Gasteiger charge is 2.26. The quantitative estimate of drug-likeness (QED) is 0.786. The lowest BCUT2D eigenvalue weighted by Gasteiger charge is -2.14. The maximum absolute atomic E-state index is 11.6. The summed E-state index contributed by atoms with van der Waals surface area (Å²) in [6, 6.07) is 3.70. The van der Waals surface area contributed by atoms with Crippen LogP contribution in [-0.2, 0) is 11.4 Å². The van der Waals surface area contributed by atoms with Gasteiger partial charge in [0.25, 0.3) is 5.91 Å². The first kappa shape index (κ1) is 11.9. The average molecular weight is 236 g/mol. The number of amides is 1. The Morgan fingerprint density at radius 1 is 1.65 bits per heavy atom. The Hall–Kier alpha value is -1.62. The maximum Gasteiger partial charge on any atom is 0.260 e. The van der Waals surface area contributed by atoms with Gasteiger partial charge in [0.1, 0.15) is 5.75 Å². The Labute approximate surface area is 99.8 Å². The summed E-state index contributed by atoms with van der Waals surface area (Å²) in [6.45, 7) is 1.61. The van der Waals surface area contributed by atoms with Crippen molar-refractivity contribution < 1.29 is 14.6 Å². The van der Waals surface area contributed by atoms with Crippen molar-refractivity contribution in [3.05, 3.63) is 24.0 Å². The number of aromatic nitrogens is 1. The number of carbonyl (C=O) groups is 1. The lowest BCUT2D eigenvalue weighted by molar-refractivity contribution is -0.127. The van der Waals surface area contributed by atoms with Crippen molar-refractivity contribution in [2.24, 2.45) is 0 Å². The van der Waals surface area contributed by atoms with E-state index in [2.05, 4.69) is 10.3 Å². The molecule has 92 valence electrons. The van der Waals surface area contributed by atoms with Crippen molar-refractivity contribution in [1.82, 2.24) is 10.3 Å². The third-order valence-electron chi connectivity index (χ3n) is 2.57. The van der Waals surface area contributed by atoms with Gasteiger partial charge in [0, 0.05) is 6.04 Å². The minimum Gasteiger partial charge on any atom is -0.479 e. The Bertz CT molecular complexity index is 387. The van der Waals surface area contributed by atoms with Crippen molar-refractivity contribution >= 4 is 5.91 Å². The van der Waals surface area contributed by atoms with Crippen molar-refractivity contribution in [1.29, 1.82) is 0 Å². The molecule has 1 atom stereocenters. The van der Waals surface area contributed by atoms with Gasteiger partial charge in [-0.2, -0.15) is 0 Å². The summed E-state index contributed by atoms with van der Waals surface area (Å²) in [7, 11) is 0. The average Bonchev–Trinajstić information content (AvgIpc) is 3.14. The van der Waals surface area contributed by atoms with E-state index in [1.54, 1.807) is 19.1 Å². The number of ether oxygens (including phenoxy) is 1. The van der Waals surface area contributed by atoms with Gasteiger partial charge in [0.05, 0.1) is 18.5 Å². The number of rotatable bonds is 5. The van der Waals surface area contributed by atoms with E-state index in [0.717, 1.165) is 12.8 Å². The van der Waals surface area contributed by atoms with E-state index in [0.29, 0.717) is 17.5 Å². The topological polar surface area (TPSA) is 71.5 Å². The lowest BCUT2D eigenvalue weighted by Crippen LogP contribution is -2.37. The summed E-state index contributed by atoms with van der Waals surface area (Å²) in [4.78, 5) is 15.6. The Morgan fingerprint density at radius 2 is 2.41 bits per heavy atom. The fraction of sp³-hybridized carbons (Fsp3) is 0.500. The molecular weight excluding hydrogens is 220 g/mol. The smallest absolute Gasteiger partial charge is 0.260 e. The van der Waals surface area contributed by atoms with Gasteiger partial charge >= 0.3 is 0 Å². The van der Waals surface area contributed by atoms with Crippen LogP contribution in [0.15, 0.2) is 18.3 Å². The first-order valence-electron chi connectivity index (χ1n) is 5.72. The SMILES string of the molecule is CC(Oc1ccc(CO)nc1)C(=O)NC1CC1. The Morgan fingerprint density at radius 3 is 2.94 bits per heavy atom. The molecule has 1 aliphatic rings. The first-order chi connectivity index (χ1) is 8.19. The Kier molecular flexibility index (Phi) is 3.58. The lowest BCUT2D eigenvalue weighted by atomic mass is 10.3. The predicted octanol–water partition coefficient (Wildman–Crippen LogP) is 0.620. The van der Waals surface area contributed by atoms with E-state index in [1.165, 1.54) is 6.20 Å². The van der Waals surface area contributed by atoms with Gasteiger partial charge in [-0.1, -0.05) is 0 Å². The highest BCUT2D eigenvalue weighted by atomic mass is 16.5. The number of pyridine rings is 1. The second kappa shape index (κ2) is 5.14. The van der Waals surface area contributed by atoms with Crippen LogP contribution in [0.3, 0.4) is 0 Å². The minimum absolute atomic E-state index is 0.0984. The number of hydrogen-bond donors (Lipinski definition) is 2. The fourth-order valence-electron chi connectivity index (χ4n) is 1.38. The highest BCUT2D eigenvalue weighted by Crippen LogP contribution is 2.19.